The van der Waals surface area contributed by atoms with Crippen LogP contribution < -0.4 is 5.32 Å². The predicted octanol–water partition coefficient (Wildman–Crippen LogP) is 2.25. The Morgan fingerprint density at radius 2 is 1.53 bits per heavy atom. The molecule has 0 spiro atoms. The number of amides is 1. The van der Waals surface area contributed by atoms with Crippen molar-refractivity contribution in [3.05, 3.63) is 11.1 Å². The number of nitrogens with one attached hydrogen (secondary N) is 1. The normalized spacial score (nSPS) is 19.2. The van der Waals surface area contributed by atoms with E-state index < -0.39 is 5.97 Å². The van der Waals surface area contributed by atoms with Gasteiger partial charge < -0.3 is 10.4 Å². The molecule has 1 rings (SSSR count). The minimum absolute atomic E-state index is 0.121. The zero-order valence-electron chi connectivity index (χ0n) is 10.6. The van der Waals surface area contributed by atoms with E-state index in [0.717, 1.165) is 25.7 Å². The van der Waals surface area contributed by atoms with Crippen molar-refractivity contribution in [1.82, 2.24) is 5.32 Å². The summed E-state index contributed by atoms with van der Waals surface area (Å²) in [6.07, 6.45) is 6.76. The predicted molar refractivity (Wildman–Crippen MR) is 65.6 cm³/mol. The number of hydrogen-bond acceptors (Lipinski definition) is 2. The third-order valence-corrected chi connectivity index (χ3v) is 3.41. The van der Waals surface area contributed by atoms with Crippen LogP contribution in [0.1, 0.15) is 52.4 Å². The largest absolute Gasteiger partial charge is 0.478 e. The van der Waals surface area contributed by atoms with Gasteiger partial charge in [0, 0.05) is 17.2 Å². The first-order valence-electron chi connectivity index (χ1n) is 6.24. The summed E-state index contributed by atoms with van der Waals surface area (Å²) in [5, 5.41) is 11.7. The van der Waals surface area contributed by atoms with Crippen LogP contribution in [0.15, 0.2) is 11.1 Å². The van der Waals surface area contributed by atoms with Crippen molar-refractivity contribution >= 4 is 11.9 Å². The average Bonchev–Trinajstić information content (AvgIpc) is 2.55. The van der Waals surface area contributed by atoms with E-state index in [-0.39, 0.29) is 17.5 Å². The molecule has 17 heavy (non-hydrogen) atoms. The molecule has 4 heteroatoms. The van der Waals surface area contributed by atoms with Crippen molar-refractivity contribution in [2.75, 3.05) is 0 Å². The van der Waals surface area contributed by atoms with Crippen molar-refractivity contribution in [3.8, 4) is 0 Å². The summed E-state index contributed by atoms with van der Waals surface area (Å²) in [6.45, 7) is 3.03. The molecule has 0 aromatic heterocycles. The number of rotatable bonds is 3. The van der Waals surface area contributed by atoms with Gasteiger partial charge in [-0.15, -0.1) is 0 Å². The Morgan fingerprint density at radius 1 is 1.00 bits per heavy atom. The van der Waals surface area contributed by atoms with Gasteiger partial charge in [0.15, 0.2) is 0 Å². The molecule has 4 nitrogen and oxygen atoms in total. The van der Waals surface area contributed by atoms with Gasteiger partial charge in [-0.2, -0.15) is 0 Å². The number of carbonyl (C=O) groups excluding carboxylic acids is 1. The van der Waals surface area contributed by atoms with Crippen LogP contribution in [0, 0.1) is 0 Å². The Hall–Kier alpha value is -1.32. The SMILES string of the molecule is CC(C(=O)O)=C(C)C(=O)NC1CCCCCC1. The highest BCUT2D eigenvalue weighted by atomic mass is 16.4. The molecule has 0 aromatic rings. The van der Waals surface area contributed by atoms with Gasteiger partial charge >= 0.3 is 5.97 Å². The highest BCUT2D eigenvalue weighted by Gasteiger charge is 2.18. The van der Waals surface area contributed by atoms with E-state index >= 15 is 0 Å². The molecule has 0 aromatic carbocycles. The first-order chi connectivity index (χ1) is 8.02. The monoisotopic (exact) mass is 239 g/mol. The maximum absolute atomic E-state index is 11.8. The van der Waals surface area contributed by atoms with Crippen LogP contribution in [-0.2, 0) is 9.59 Å². The van der Waals surface area contributed by atoms with E-state index in [4.69, 9.17) is 5.11 Å². The van der Waals surface area contributed by atoms with Crippen LogP contribution in [0.4, 0.5) is 0 Å². The minimum atomic E-state index is -1.03. The highest BCUT2D eigenvalue weighted by molar-refractivity contribution is 6.01. The van der Waals surface area contributed by atoms with Gasteiger partial charge in [-0.3, -0.25) is 4.79 Å². The zero-order chi connectivity index (χ0) is 12.8. The molecule has 0 heterocycles. The van der Waals surface area contributed by atoms with Crippen molar-refractivity contribution in [3.63, 3.8) is 0 Å². The lowest BCUT2D eigenvalue weighted by atomic mass is 10.1. The summed E-state index contributed by atoms with van der Waals surface area (Å²) in [4.78, 5) is 22.6. The number of hydrogen-bond donors (Lipinski definition) is 2. The van der Waals surface area contributed by atoms with Crippen LogP contribution in [0.5, 0.6) is 0 Å². The lowest BCUT2D eigenvalue weighted by Gasteiger charge is -2.16. The molecule has 0 aliphatic heterocycles. The van der Waals surface area contributed by atoms with Gasteiger partial charge in [-0.25, -0.2) is 4.79 Å². The Labute approximate surface area is 102 Å². The second-order valence-electron chi connectivity index (χ2n) is 4.72. The van der Waals surface area contributed by atoms with Crippen LogP contribution >= 0.6 is 0 Å². The summed E-state index contributed by atoms with van der Waals surface area (Å²) in [5.74, 6) is -1.27. The fourth-order valence-electron chi connectivity index (χ4n) is 2.05. The summed E-state index contributed by atoms with van der Waals surface area (Å²) < 4.78 is 0. The minimum Gasteiger partial charge on any atom is -0.478 e. The van der Waals surface area contributed by atoms with Crippen LogP contribution in [0.25, 0.3) is 0 Å². The lowest BCUT2D eigenvalue weighted by molar-refractivity contribution is -0.133. The average molecular weight is 239 g/mol. The summed E-state index contributed by atoms with van der Waals surface area (Å²) >= 11 is 0. The first kappa shape index (κ1) is 13.7. The molecule has 2 N–H and O–H groups in total. The maximum atomic E-state index is 11.8. The summed E-state index contributed by atoms with van der Waals surface area (Å²) in [7, 11) is 0. The van der Waals surface area contributed by atoms with Crippen LogP contribution in [0.2, 0.25) is 0 Å². The van der Waals surface area contributed by atoms with E-state index in [1.807, 2.05) is 0 Å². The van der Waals surface area contributed by atoms with E-state index in [0.29, 0.717) is 5.57 Å². The molecular weight excluding hydrogens is 218 g/mol. The molecule has 0 bridgehead atoms. The Morgan fingerprint density at radius 3 is 2.00 bits per heavy atom. The van der Waals surface area contributed by atoms with E-state index in [9.17, 15) is 9.59 Å². The van der Waals surface area contributed by atoms with Crippen molar-refractivity contribution in [2.45, 2.75) is 58.4 Å². The second kappa shape index (κ2) is 6.42. The van der Waals surface area contributed by atoms with Gasteiger partial charge in [0.2, 0.25) is 5.91 Å². The van der Waals surface area contributed by atoms with E-state index in [1.165, 1.54) is 19.8 Å². The topological polar surface area (TPSA) is 66.4 Å². The van der Waals surface area contributed by atoms with Crippen molar-refractivity contribution in [1.29, 1.82) is 0 Å². The van der Waals surface area contributed by atoms with Crippen molar-refractivity contribution < 1.29 is 14.7 Å². The quantitative estimate of drug-likeness (QED) is 0.586. The first-order valence-corrected chi connectivity index (χ1v) is 6.24. The lowest BCUT2D eigenvalue weighted by Crippen LogP contribution is -2.35. The number of carboxylic acids is 1. The molecule has 0 radical (unpaired) electrons. The number of carbonyl (C=O) groups is 2. The Bertz CT molecular complexity index is 326. The molecule has 1 amide bonds. The highest BCUT2D eigenvalue weighted by Crippen LogP contribution is 2.17. The summed E-state index contributed by atoms with van der Waals surface area (Å²) in [6, 6.07) is 0.210. The van der Waals surface area contributed by atoms with Gasteiger partial charge in [-0.05, 0) is 26.7 Å². The fourth-order valence-corrected chi connectivity index (χ4v) is 2.05. The Kier molecular flexibility index (Phi) is 5.19. The third-order valence-electron chi connectivity index (χ3n) is 3.41. The molecule has 96 valence electrons. The standard InChI is InChI=1S/C13H21NO3/c1-9(10(2)13(16)17)12(15)14-11-7-5-3-4-6-8-11/h11H,3-8H2,1-2H3,(H,14,15)(H,16,17). The van der Waals surface area contributed by atoms with E-state index in [2.05, 4.69) is 5.32 Å². The van der Waals surface area contributed by atoms with Crippen LogP contribution in [0.3, 0.4) is 0 Å². The van der Waals surface area contributed by atoms with Gasteiger partial charge in [-0.1, -0.05) is 25.7 Å². The smallest absolute Gasteiger partial charge is 0.331 e. The van der Waals surface area contributed by atoms with E-state index in [1.54, 1.807) is 6.92 Å². The molecule has 0 unspecified atom stereocenters. The molecule has 1 saturated carbocycles. The van der Waals surface area contributed by atoms with Gasteiger partial charge in [0.25, 0.3) is 0 Å². The second-order valence-corrected chi connectivity index (χ2v) is 4.72. The Balaban J connectivity index is 2.58. The molecular formula is C13H21NO3. The molecule has 1 aliphatic carbocycles. The zero-order valence-corrected chi connectivity index (χ0v) is 10.6. The molecule has 0 atom stereocenters. The van der Waals surface area contributed by atoms with Crippen molar-refractivity contribution in [2.24, 2.45) is 0 Å². The van der Waals surface area contributed by atoms with Gasteiger partial charge in [0.1, 0.15) is 0 Å². The molecule has 1 fully saturated rings. The van der Waals surface area contributed by atoms with Gasteiger partial charge in [0.05, 0.1) is 0 Å². The maximum Gasteiger partial charge on any atom is 0.331 e. The molecule has 1 aliphatic rings. The molecule has 0 saturated heterocycles. The van der Waals surface area contributed by atoms with Crippen LogP contribution in [-0.4, -0.2) is 23.0 Å². The summed E-state index contributed by atoms with van der Waals surface area (Å²) in [5.41, 5.74) is 0.429. The number of aliphatic carboxylic acids is 1. The third kappa shape index (κ3) is 4.21. The fraction of sp³-hybridized carbons (Fsp3) is 0.692. The number of carboxylic acid groups (broad SMARTS) is 1.